The first-order valence-electron chi connectivity index (χ1n) is 10.3. The lowest BCUT2D eigenvalue weighted by molar-refractivity contribution is -0.133. The summed E-state index contributed by atoms with van der Waals surface area (Å²) in [5, 5.41) is 6.04. The van der Waals surface area contributed by atoms with Crippen molar-refractivity contribution in [3.05, 3.63) is 0 Å². The molecule has 0 spiro atoms. The molecule has 6 nitrogen and oxygen atoms in total. The lowest BCUT2D eigenvalue weighted by Crippen LogP contribution is -2.53. The largest absolute Gasteiger partial charge is 0.355 e. The van der Waals surface area contributed by atoms with Crippen molar-refractivity contribution < 1.29 is 9.59 Å². The quantitative estimate of drug-likeness (QED) is 0.718. The molecule has 0 aromatic heterocycles. The van der Waals surface area contributed by atoms with Crippen LogP contribution in [0.5, 0.6) is 0 Å². The first-order valence-corrected chi connectivity index (χ1v) is 10.3. The van der Waals surface area contributed by atoms with Gasteiger partial charge in [0, 0.05) is 51.7 Å². The number of hydrogen-bond acceptors (Lipinski definition) is 4. The maximum Gasteiger partial charge on any atom is 0.227 e. The van der Waals surface area contributed by atoms with Crippen LogP contribution in [0.2, 0.25) is 0 Å². The van der Waals surface area contributed by atoms with Crippen LogP contribution >= 0.6 is 0 Å². The van der Waals surface area contributed by atoms with E-state index in [0.717, 1.165) is 45.6 Å². The second kappa shape index (κ2) is 9.70. The third-order valence-corrected chi connectivity index (χ3v) is 6.16. The van der Waals surface area contributed by atoms with Crippen molar-refractivity contribution in [3.63, 3.8) is 0 Å². The summed E-state index contributed by atoms with van der Waals surface area (Å²) in [4.78, 5) is 28.7. The normalized spacial score (nSPS) is 30.8. The molecule has 0 aliphatic carbocycles. The SMILES string of the molecule is CC(=O)NCCN1CCCC(C)(C(=O)NCCN2C(C)CCCC2C)C1. The number of likely N-dealkylation sites (tertiary alicyclic amines) is 2. The van der Waals surface area contributed by atoms with Gasteiger partial charge in [-0.25, -0.2) is 0 Å². The Hall–Kier alpha value is -1.14. The molecule has 150 valence electrons. The summed E-state index contributed by atoms with van der Waals surface area (Å²) in [6.07, 6.45) is 5.81. The van der Waals surface area contributed by atoms with Gasteiger partial charge < -0.3 is 15.5 Å². The molecular weight excluding hydrogens is 328 g/mol. The fourth-order valence-electron chi connectivity index (χ4n) is 4.54. The van der Waals surface area contributed by atoms with Crippen molar-refractivity contribution in [2.45, 2.75) is 71.9 Å². The lowest BCUT2D eigenvalue weighted by atomic mass is 9.81. The van der Waals surface area contributed by atoms with E-state index in [0.29, 0.717) is 18.6 Å². The Kier molecular flexibility index (Phi) is 7.89. The Bertz CT molecular complexity index is 474. The van der Waals surface area contributed by atoms with Crippen LogP contribution in [-0.2, 0) is 9.59 Å². The van der Waals surface area contributed by atoms with E-state index in [4.69, 9.17) is 0 Å². The fraction of sp³-hybridized carbons (Fsp3) is 0.900. The van der Waals surface area contributed by atoms with Gasteiger partial charge in [-0.15, -0.1) is 0 Å². The van der Waals surface area contributed by atoms with Gasteiger partial charge in [0.1, 0.15) is 0 Å². The van der Waals surface area contributed by atoms with Crippen LogP contribution in [0.4, 0.5) is 0 Å². The summed E-state index contributed by atoms with van der Waals surface area (Å²) in [5.41, 5.74) is -0.326. The third-order valence-electron chi connectivity index (χ3n) is 6.16. The monoisotopic (exact) mass is 366 g/mol. The number of hydrogen-bond donors (Lipinski definition) is 2. The second-order valence-corrected chi connectivity index (χ2v) is 8.55. The molecule has 2 aliphatic rings. The molecule has 0 aromatic carbocycles. The zero-order valence-corrected chi connectivity index (χ0v) is 17.1. The average molecular weight is 367 g/mol. The Morgan fingerprint density at radius 3 is 2.35 bits per heavy atom. The van der Waals surface area contributed by atoms with E-state index in [1.807, 2.05) is 0 Å². The minimum absolute atomic E-state index is 0.00341. The Balaban J connectivity index is 1.77. The zero-order valence-electron chi connectivity index (χ0n) is 17.1. The van der Waals surface area contributed by atoms with Gasteiger partial charge in [-0.1, -0.05) is 6.42 Å². The Labute approximate surface area is 159 Å². The van der Waals surface area contributed by atoms with Gasteiger partial charge in [-0.05, 0) is 53.0 Å². The lowest BCUT2D eigenvalue weighted by Gasteiger charge is -2.40. The van der Waals surface area contributed by atoms with E-state index in [1.54, 1.807) is 0 Å². The van der Waals surface area contributed by atoms with E-state index in [2.05, 4.69) is 41.2 Å². The van der Waals surface area contributed by atoms with Crippen LogP contribution in [0.3, 0.4) is 0 Å². The van der Waals surface area contributed by atoms with Gasteiger partial charge in [0.05, 0.1) is 5.41 Å². The Morgan fingerprint density at radius 1 is 1.04 bits per heavy atom. The number of carbonyl (C=O) groups excluding carboxylic acids is 2. The molecule has 2 N–H and O–H groups in total. The van der Waals surface area contributed by atoms with E-state index in [-0.39, 0.29) is 17.2 Å². The smallest absolute Gasteiger partial charge is 0.227 e. The highest BCUT2D eigenvalue weighted by atomic mass is 16.2. The predicted molar refractivity (Wildman–Crippen MR) is 105 cm³/mol. The van der Waals surface area contributed by atoms with E-state index < -0.39 is 0 Å². The van der Waals surface area contributed by atoms with Crippen LogP contribution < -0.4 is 10.6 Å². The van der Waals surface area contributed by atoms with Crippen molar-refractivity contribution in [2.75, 3.05) is 39.3 Å². The summed E-state index contributed by atoms with van der Waals surface area (Å²) < 4.78 is 0. The molecule has 0 saturated carbocycles. The van der Waals surface area contributed by atoms with Gasteiger partial charge in [-0.2, -0.15) is 0 Å². The molecule has 0 aromatic rings. The second-order valence-electron chi connectivity index (χ2n) is 8.55. The topological polar surface area (TPSA) is 64.7 Å². The molecule has 3 atom stereocenters. The van der Waals surface area contributed by atoms with Crippen molar-refractivity contribution in [1.82, 2.24) is 20.4 Å². The molecule has 2 fully saturated rings. The molecule has 2 rings (SSSR count). The average Bonchev–Trinajstić information content (AvgIpc) is 2.57. The van der Waals surface area contributed by atoms with Gasteiger partial charge in [-0.3, -0.25) is 14.5 Å². The van der Waals surface area contributed by atoms with Crippen LogP contribution in [0.25, 0.3) is 0 Å². The molecule has 6 heteroatoms. The van der Waals surface area contributed by atoms with Crippen LogP contribution in [0.15, 0.2) is 0 Å². The summed E-state index contributed by atoms with van der Waals surface area (Å²) in [7, 11) is 0. The van der Waals surface area contributed by atoms with Crippen molar-refractivity contribution in [3.8, 4) is 0 Å². The highest BCUT2D eigenvalue weighted by Crippen LogP contribution is 2.29. The number of carbonyl (C=O) groups is 2. The van der Waals surface area contributed by atoms with Gasteiger partial charge in [0.2, 0.25) is 11.8 Å². The summed E-state index contributed by atoms with van der Waals surface area (Å²) >= 11 is 0. The maximum atomic E-state index is 12.8. The first kappa shape index (κ1) is 21.2. The van der Waals surface area contributed by atoms with E-state index in [9.17, 15) is 9.59 Å². The fourth-order valence-corrected chi connectivity index (χ4v) is 4.54. The standard InChI is InChI=1S/C20H38N4O2/c1-16-7-5-8-17(2)24(16)14-11-22-19(26)20(4)9-6-12-23(15-20)13-10-21-18(3)25/h16-17H,5-15H2,1-4H3,(H,21,25)(H,22,26). The summed E-state index contributed by atoms with van der Waals surface area (Å²) in [6, 6.07) is 1.23. The van der Waals surface area contributed by atoms with Crippen molar-refractivity contribution in [1.29, 1.82) is 0 Å². The Morgan fingerprint density at radius 2 is 1.69 bits per heavy atom. The molecule has 2 saturated heterocycles. The van der Waals surface area contributed by atoms with Crippen molar-refractivity contribution >= 4 is 11.8 Å². The highest BCUT2D eigenvalue weighted by molar-refractivity contribution is 5.82. The third kappa shape index (κ3) is 5.95. The molecule has 26 heavy (non-hydrogen) atoms. The number of piperidine rings is 2. The maximum absolute atomic E-state index is 12.8. The summed E-state index contributed by atoms with van der Waals surface area (Å²) in [6.45, 7) is 13.1. The molecule has 2 aliphatic heterocycles. The van der Waals surface area contributed by atoms with Crippen LogP contribution in [-0.4, -0.2) is 73.0 Å². The molecule has 0 bridgehead atoms. The molecule has 0 radical (unpaired) electrons. The first-order chi connectivity index (χ1) is 12.3. The predicted octanol–water partition coefficient (Wildman–Crippen LogP) is 1.60. The highest BCUT2D eigenvalue weighted by Gasteiger charge is 2.37. The number of nitrogens with zero attached hydrogens (tertiary/aromatic N) is 2. The molecular formula is C20H38N4O2. The van der Waals surface area contributed by atoms with Crippen LogP contribution in [0.1, 0.15) is 59.8 Å². The molecule has 3 unspecified atom stereocenters. The number of rotatable bonds is 7. The van der Waals surface area contributed by atoms with Crippen molar-refractivity contribution in [2.24, 2.45) is 5.41 Å². The minimum atomic E-state index is -0.326. The van der Waals surface area contributed by atoms with E-state index in [1.165, 1.54) is 26.2 Å². The molecule has 2 amide bonds. The van der Waals surface area contributed by atoms with Crippen LogP contribution in [0, 0.1) is 5.41 Å². The summed E-state index contributed by atoms with van der Waals surface area (Å²) in [5.74, 6) is 0.183. The number of amides is 2. The van der Waals surface area contributed by atoms with Gasteiger partial charge >= 0.3 is 0 Å². The molecule has 2 heterocycles. The van der Waals surface area contributed by atoms with E-state index >= 15 is 0 Å². The van der Waals surface area contributed by atoms with Gasteiger partial charge in [0.15, 0.2) is 0 Å². The van der Waals surface area contributed by atoms with Gasteiger partial charge in [0.25, 0.3) is 0 Å². The number of nitrogens with one attached hydrogen (secondary N) is 2. The minimum Gasteiger partial charge on any atom is -0.355 e. The zero-order chi connectivity index (χ0) is 19.2.